The SMILES string of the molecule is Cc1ccc(C)c(-c2cc(CC(=O)O)no2)c1. The van der Waals surface area contributed by atoms with Gasteiger partial charge in [0, 0.05) is 11.6 Å². The molecule has 1 aromatic carbocycles. The molecule has 0 atom stereocenters. The van der Waals surface area contributed by atoms with Crippen molar-refractivity contribution >= 4 is 5.97 Å². The first kappa shape index (κ1) is 11.4. The molecule has 0 radical (unpaired) electrons. The van der Waals surface area contributed by atoms with Crippen LogP contribution in [0, 0.1) is 13.8 Å². The number of nitrogens with zero attached hydrogens (tertiary/aromatic N) is 1. The van der Waals surface area contributed by atoms with Crippen LogP contribution in [0.5, 0.6) is 0 Å². The van der Waals surface area contributed by atoms with Gasteiger partial charge in [0.1, 0.15) is 0 Å². The number of aryl methyl sites for hydroxylation is 2. The highest BCUT2D eigenvalue weighted by Gasteiger charge is 2.11. The summed E-state index contributed by atoms with van der Waals surface area (Å²) in [5, 5.41) is 12.4. The molecule has 0 bridgehead atoms. The number of rotatable bonds is 3. The second-order valence-electron chi connectivity index (χ2n) is 4.07. The third-order valence-electron chi connectivity index (χ3n) is 2.55. The Morgan fingerprint density at radius 1 is 1.35 bits per heavy atom. The van der Waals surface area contributed by atoms with E-state index in [0.29, 0.717) is 11.5 Å². The Labute approximate surface area is 98.9 Å². The molecular formula is C13H13NO3. The van der Waals surface area contributed by atoms with E-state index in [-0.39, 0.29) is 6.42 Å². The topological polar surface area (TPSA) is 63.3 Å². The van der Waals surface area contributed by atoms with E-state index in [1.807, 2.05) is 32.0 Å². The van der Waals surface area contributed by atoms with Crippen LogP contribution in [0.4, 0.5) is 0 Å². The maximum atomic E-state index is 10.6. The minimum atomic E-state index is -0.911. The number of carbonyl (C=O) groups is 1. The van der Waals surface area contributed by atoms with Crippen LogP contribution in [0.1, 0.15) is 16.8 Å². The van der Waals surface area contributed by atoms with Crippen molar-refractivity contribution in [3.8, 4) is 11.3 Å². The Morgan fingerprint density at radius 3 is 2.82 bits per heavy atom. The van der Waals surface area contributed by atoms with Crippen LogP contribution < -0.4 is 0 Å². The molecule has 0 spiro atoms. The largest absolute Gasteiger partial charge is 0.481 e. The fourth-order valence-corrected chi connectivity index (χ4v) is 1.68. The lowest BCUT2D eigenvalue weighted by atomic mass is 10.0. The number of carboxylic acid groups (broad SMARTS) is 1. The second kappa shape index (κ2) is 4.41. The molecule has 0 aliphatic heterocycles. The Bertz CT molecular complexity index is 558. The molecule has 1 heterocycles. The minimum absolute atomic E-state index is 0.117. The highest BCUT2D eigenvalue weighted by molar-refractivity contribution is 5.70. The van der Waals surface area contributed by atoms with Gasteiger partial charge >= 0.3 is 5.97 Å². The third kappa shape index (κ3) is 2.53. The molecule has 4 heteroatoms. The number of hydrogen-bond donors (Lipinski definition) is 1. The van der Waals surface area contributed by atoms with Crippen LogP contribution in [-0.2, 0) is 11.2 Å². The lowest BCUT2D eigenvalue weighted by molar-refractivity contribution is -0.136. The molecule has 4 nitrogen and oxygen atoms in total. The first-order valence-corrected chi connectivity index (χ1v) is 5.31. The van der Waals surface area contributed by atoms with Gasteiger partial charge in [-0.05, 0) is 25.5 Å². The summed E-state index contributed by atoms with van der Waals surface area (Å²) in [6.07, 6.45) is -0.117. The summed E-state index contributed by atoms with van der Waals surface area (Å²) >= 11 is 0. The molecule has 88 valence electrons. The van der Waals surface area contributed by atoms with Crippen molar-refractivity contribution in [2.75, 3.05) is 0 Å². The molecule has 0 saturated heterocycles. The molecule has 0 unspecified atom stereocenters. The highest BCUT2D eigenvalue weighted by atomic mass is 16.5. The summed E-state index contributed by atoms with van der Waals surface area (Å²) in [4.78, 5) is 10.6. The van der Waals surface area contributed by atoms with Crippen LogP contribution in [0.25, 0.3) is 11.3 Å². The zero-order chi connectivity index (χ0) is 12.4. The third-order valence-corrected chi connectivity index (χ3v) is 2.55. The second-order valence-corrected chi connectivity index (χ2v) is 4.07. The standard InChI is InChI=1S/C13H13NO3/c1-8-3-4-9(2)11(5-8)12-6-10(14-17-12)7-13(15)16/h3-6H,7H2,1-2H3,(H,15,16). The Balaban J connectivity index is 2.36. The molecule has 0 aliphatic rings. The maximum Gasteiger partial charge on any atom is 0.309 e. The number of aromatic nitrogens is 1. The smallest absolute Gasteiger partial charge is 0.309 e. The normalized spacial score (nSPS) is 10.5. The van der Waals surface area contributed by atoms with E-state index in [1.54, 1.807) is 6.07 Å². The highest BCUT2D eigenvalue weighted by Crippen LogP contribution is 2.25. The van der Waals surface area contributed by atoms with Crippen LogP contribution >= 0.6 is 0 Å². The van der Waals surface area contributed by atoms with E-state index < -0.39 is 5.97 Å². The zero-order valence-electron chi connectivity index (χ0n) is 9.73. The van der Waals surface area contributed by atoms with Gasteiger partial charge in [-0.3, -0.25) is 4.79 Å². The number of hydrogen-bond acceptors (Lipinski definition) is 3. The summed E-state index contributed by atoms with van der Waals surface area (Å²) in [6.45, 7) is 3.98. The molecule has 2 rings (SSSR count). The monoisotopic (exact) mass is 231 g/mol. The molecule has 0 saturated carbocycles. The van der Waals surface area contributed by atoms with Gasteiger partial charge in [-0.2, -0.15) is 0 Å². The summed E-state index contributed by atoms with van der Waals surface area (Å²) in [5.74, 6) is -0.298. The zero-order valence-corrected chi connectivity index (χ0v) is 9.73. The van der Waals surface area contributed by atoms with Crippen molar-refractivity contribution < 1.29 is 14.4 Å². The Kier molecular flexibility index (Phi) is 2.95. The molecule has 17 heavy (non-hydrogen) atoms. The summed E-state index contributed by atoms with van der Waals surface area (Å²) < 4.78 is 5.17. The minimum Gasteiger partial charge on any atom is -0.481 e. The summed E-state index contributed by atoms with van der Waals surface area (Å²) in [7, 11) is 0. The fourth-order valence-electron chi connectivity index (χ4n) is 1.68. The van der Waals surface area contributed by atoms with Gasteiger partial charge in [0.25, 0.3) is 0 Å². The van der Waals surface area contributed by atoms with Gasteiger partial charge in [-0.15, -0.1) is 0 Å². The average molecular weight is 231 g/mol. The van der Waals surface area contributed by atoms with E-state index in [0.717, 1.165) is 16.7 Å². The molecule has 1 aromatic heterocycles. The average Bonchev–Trinajstić information content (AvgIpc) is 2.69. The van der Waals surface area contributed by atoms with E-state index in [9.17, 15) is 4.79 Å². The lowest BCUT2D eigenvalue weighted by Gasteiger charge is -2.02. The van der Waals surface area contributed by atoms with Gasteiger partial charge in [0.2, 0.25) is 0 Å². The van der Waals surface area contributed by atoms with Crippen molar-refractivity contribution in [1.29, 1.82) is 0 Å². The molecule has 0 amide bonds. The van der Waals surface area contributed by atoms with Gasteiger partial charge in [0.05, 0.1) is 12.1 Å². The molecule has 1 N–H and O–H groups in total. The maximum absolute atomic E-state index is 10.6. The lowest BCUT2D eigenvalue weighted by Crippen LogP contribution is -1.99. The summed E-state index contributed by atoms with van der Waals surface area (Å²) in [6, 6.07) is 7.70. The Hall–Kier alpha value is -2.10. The predicted octanol–water partition coefficient (Wildman–Crippen LogP) is 2.59. The van der Waals surface area contributed by atoms with E-state index >= 15 is 0 Å². The van der Waals surface area contributed by atoms with Crippen LogP contribution in [0.3, 0.4) is 0 Å². The van der Waals surface area contributed by atoms with Crippen molar-refractivity contribution in [1.82, 2.24) is 5.16 Å². The molecule has 0 aliphatic carbocycles. The van der Waals surface area contributed by atoms with Crippen LogP contribution in [-0.4, -0.2) is 16.2 Å². The number of carboxylic acids is 1. The molecule has 0 fully saturated rings. The predicted molar refractivity (Wildman–Crippen MR) is 62.8 cm³/mol. The van der Waals surface area contributed by atoms with Gasteiger partial charge < -0.3 is 9.63 Å². The van der Waals surface area contributed by atoms with Crippen molar-refractivity contribution in [2.45, 2.75) is 20.3 Å². The number of aliphatic carboxylic acids is 1. The number of benzene rings is 1. The quantitative estimate of drug-likeness (QED) is 0.881. The summed E-state index contributed by atoms with van der Waals surface area (Å²) in [5.41, 5.74) is 3.60. The van der Waals surface area contributed by atoms with Gasteiger partial charge in [-0.25, -0.2) is 0 Å². The van der Waals surface area contributed by atoms with Crippen LogP contribution in [0.2, 0.25) is 0 Å². The Morgan fingerprint density at radius 2 is 2.12 bits per heavy atom. The van der Waals surface area contributed by atoms with Crippen molar-refractivity contribution in [3.63, 3.8) is 0 Å². The van der Waals surface area contributed by atoms with Crippen molar-refractivity contribution in [2.24, 2.45) is 0 Å². The van der Waals surface area contributed by atoms with Gasteiger partial charge in [-0.1, -0.05) is 22.9 Å². The fraction of sp³-hybridized carbons (Fsp3) is 0.231. The van der Waals surface area contributed by atoms with Crippen LogP contribution in [0.15, 0.2) is 28.8 Å². The van der Waals surface area contributed by atoms with Gasteiger partial charge in [0.15, 0.2) is 5.76 Å². The first-order chi connectivity index (χ1) is 8.06. The molecular weight excluding hydrogens is 218 g/mol. The van der Waals surface area contributed by atoms with Crippen molar-refractivity contribution in [3.05, 3.63) is 41.1 Å². The first-order valence-electron chi connectivity index (χ1n) is 5.31. The van der Waals surface area contributed by atoms with E-state index in [2.05, 4.69) is 5.16 Å². The van der Waals surface area contributed by atoms with E-state index in [4.69, 9.17) is 9.63 Å². The van der Waals surface area contributed by atoms with E-state index in [1.165, 1.54) is 0 Å². The molecule has 2 aromatic rings.